The van der Waals surface area contributed by atoms with Crippen LogP contribution in [0.5, 0.6) is 0 Å². The summed E-state index contributed by atoms with van der Waals surface area (Å²) < 4.78 is 24.0. The Morgan fingerprint density at radius 3 is 2.74 bits per heavy atom. The Balaban J connectivity index is 1.98. The van der Waals surface area contributed by atoms with E-state index in [1.54, 1.807) is 6.07 Å². The molecule has 1 aromatic carbocycles. The van der Waals surface area contributed by atoms with Crippen molar-refractivity contribution in [2.45, 2.75) is 6.04 Å². The van der Waals surface area contributed by atoms with Crippen molar-refractivity contribution in [2.75, 3.05) is 26.4 Å². The first-order chi connectivity index (χ1) is 13.0. The van der Waals surface area contributed by atoms with E-state index < -0.39 is 29.3 Å². The third-order valence-corrected chi connectivity index (χ3v) is 4.17. The lowest BCUT2D eigenvalue weighted by Gasteiger charge is -2.26. The van der Waals surface area contributed by atoms with Crippen molar-refractivity contribution in [3.8, 4) is 0 Å². The quantitative estimate of drug-likeness (QED) is 0.541. The average molecular weight is 375 g/mol. The van der Waals surface area contributed by atoms with E-state index in [2.05, 4.69) is 0 Å². The van der Waals surface area contributed by atoms with Gasteiger partial charge in [-0.25, -0.2) is 4.39 Å². The summed E-state index contributed by atoms with van der Waals surface area (Å²) >= 11 is 0. The minimum Gasteiger partial charge on any atom is -0.503 e. The first kappa shape index (κ1) is 18.8. The first-order valence-corrected chi connectivity index (χ1v) is 8.31. The molecule has 0 spiro atoms. The van der Waals surface area contributed by atoms with E-state index in [1.165, 1.54) is 41.5 Å². The van der Waals surface area contributed by atoms with Gasteiger partial charge in [-0.15, -0.1) is 0 Å². The molecule has 0 fully saturated rings. The summed E-state index contributed by atoms with van der Waals surface area (Å²) in [5.74, 6) is -2.68. The molecule has 1 amide bonds. The van der Waals surface area contributed by atoms with Gasteiger partial charge in [-0.2, -0.15) is 0 Å². The maximum absolute atomic E-state index is 13.8. The second kappa shape index (κ2) is 8.15. The maximum Gasteiger partial charge on any atom is 0.290 e. The van der Waals surface area contributed by atoms with Crippen LogP contribution in [-0.4, -0.2) is 53.2 Å². The molecular formula is C19H18FNO6. The Kier molecular flexibility index (Phi) is 5.68. The number of benzene rings is 1. The van der Waals surface area contributed by atoms with Crippen LogP contribution in [0.4, 0.5) is 4.39 Å². The second-order valence-electron chi connectivity index (χ2n) is 5.86. The summed E-state index contributed by atoms with van der Waals surface area (Å²) in [5, 5.41) is 19.1. The fourth-order valence-electron chi connectivity index (χ4n) is 3.01. The van der Waals surface area contributed by atoms with Crippen LogP contribution >= 0.6 is 0 Å². The number of aliphatic hydroxyl groups is 2. The van der Waals surface area contributed by atoms with Crippen molar-refractivity contribution < 1.29 is 33.3 Å². The third-order valence-electron chi connectivity index (χ3n) is 4.17. The van der Waals surface area contributed by atoms with Crippen LogP contribution in [0.3, 0.4) is 0 Å². The van der Waals surface area contributed by atoms with Crippen LogP contribution in [0.2, 0.25) is 0 Å². The molecule has 1 aromatic heterocycles. The number of furan rings is 1. The SMILES string of the molecule is O=C(C1=C(O)C(=O)N(CCOCCO)[C@@H]1c1cccc(F)c1)c1ccco1. The number of ketones is 1. The molecule has 0 radical (unpaired) electrons. The van der Waals surface area contributed by atoms with Crippen LogP contribution < -0.4 is 0 Å². The van der Waals surface area contributed by atoms with Crippen LogP contribution in [0.15, 0.2) is 58.4 Å². The fourth-order valence-corrected chi connectivity index (χ4v) is 3.01. The van der Waals surface area contributed by atoms with E-state index in [-0.39, 0.29) is 37.7 Å². The number of Topliss-reactive ketones (excluding diaryl/α,β-unsaturated/α-hetero) is 1. The summed E-state index contributed by atoms with van der Waals surface area (Å²) in [6.45, 7) is 0.0316. The third kappa shape index (κ3) is 3.76. The van der Waals surface area contributed by atoms with Gasteiger partial charge in [0.2, 0.25) is 5.78 Å². The number of amides is 1. The molecule has 3 rings (SSSR count). The summed E-state index contributed by atoms with van der Waals surface area (Å²) in [5.41, 5.74) is 0.159. The zero-order valence-corrected chi connectivity index (χ0v) is 14.3. The van der Waals surface area contributed by atoms with E-state index >= 15 is 0 Å². The Bertz CT molecular complexity index is 861. The largest absolute Gasteiger partial charge is 0.503 e. The normalized spacial score (nSPS) is 17.0. The van der Waals surface area contributed by atoms with E-state index in [4.69, 9.17) is 14.3 Å². The molecule has 2 aromatic rings. The standard InChI is InChI=1S/C19H18FNO6/c20-13-4-1-3-12(11-13)16-15(17(23)14-5-2-8-27-14)18(24)19(25)21(16)6-9-26-10-7-22/h1-5,8,11,16,22,24H,6-7,9-10H2/t16-/m1/s1. The number of halogens is 1. The van der Waals surface area contributed by atoms with Gasteiger partial charge in [0, 0.05) is 6.54 Å². The predicted octanol–water partition coefficient (Wildman–Crippen LogP) is 2.01. The number of aliphatic hydroxyl groups excluding tert-OH is 2. The average Bonchev–Trinajstić information content (AvgIpc) is 3.27. The zero-order chi connectivity index (χ0) is 19.4. The fraction of sp³-hybridized carbons (Fsp3) is 0.263. The lowest BCUT2D eigenvalue weighted by atomic mass is 9.95. The summed E-state index contributed by atoms with van der Waals surface area (Å²) in [4.78, 5) is 26.6. The van der Waals surface area contributed by atoms with Crippen molar-refractivity contribution in [1.29, 1.82) is 0 Å². The van der Waals surface area contributed by atoms with Crippen LogP contribution in [0.25, 0.3) is 0 Å². The zero-order valence-electron chi connectivity index (χ0n) is 14.3. The summed E-state index contributed by atoms with van der Waals surface area (Å²) in [7, 11) is 0. The van der Waals surface area contributed by atoms with Crippen molar-refractivity contribution in [3.63, 3.8) is 0 Å². The maximum atomic E-state index is 13.8. The molecule has 27 heavy (non-hydrogen) atoms. The van der Waals surface area contributed by atoms with Crippen LogP contribution in [0.1, 0.15) is 22.2 Å². The molecule has 2 N–H and O–H groups in total. The molecular weight excluding hydrogens is 357 g/mol. The van der Waals surface area contributed by atoms with Gasteiger partial charge in [-0.1, -0.05) is 12.1 Å². The van der Waals surface area contributed by atoms with Gasteiger partial charge in [0.1, 0.15) is 5.82 Å². The highest BCUT2D eigenvalue weighted by Crippen LogP contribution is 2.38. The lowest BCUT2D eigenvalue weighted by Crippen LogP contribution is -2.34. The van der Waals surface area contributed by atoms with Crippen molar-refractivity contribution in [2.24, 2.45) is 0 Å². The van der Waals surface area contributed by atoms with E-state index in [0.717, 1.165) is 0 Å². The van der Waals surface area contributed by atoms with Gasteiger partial charge in [-0.05, 0) is 29.8 Å². The molecule has 0 unspecified atom stereocenters. The van der Waals surface area contributed by atoms with Gasteiger partial charge in [0.15, 0.2) is 11.5 Å². The van der Waals surface area contributed by atoms with E-state index in [1.807, 2.05) is 0 Å². The number of ether oxygens (including phenoxy) is 1. The number of rotatable bonds is 8. The minimum absolute atomic E-state index is 0.0378. The smallest absolute Gasteiger partial charge is 0.290 e. The summed E-state index contributed by atoms with van der Waals surface area (Å²) in [6, 6.07) is 7.42. The molecule has 0 bridgehead atoms. The topological polar surface area (TPSA) is 100 Å². The monoisotopic (exact) mass is 375 g/mol. The molecule has 142 valence electrons. The molecule has 1 atom stereocenters. The molecule has 8 heteroatoms. The molecule has 1 aliphatic heterocycles. The highest BCUT2D eigenvalue weighted by atomic mass is 19.1. The molecule has 0 aliphatic carbocycles. The Labute approximate surface area is 154 Å². The van der Waals surface area contributed by atoms with Gasteiger partial charge in [0.25, 0.3) is 5.91 Å². The van der Waals surface area contributed by atoms with Gasteiger partial charge in [-0.3, -0.25) is 9.59 Å². The molecule has 0 saturated carbocycles. The number of hydrogen-bond acceptors (Lipinski definition) is 6. The predicted molar refractivity (Wildman–Crippen MR) is 91.5 cm³/mol. The highest BCUT2D eigenvalue weighted by Gasteiger charge is 2.44. The lowest BCUT2D eigenvalue weighted by molar-refractivity contribution is -0.130. The van der Waals surface area contributed by atoms with Crippen molar-refractivity contribution >= 4 is 11.7 Å². The highest BCUT2D eigenvalue weighted by molar-refractivity contribution is 6.14. The number of carbonyl (C=O) groups excluding carboxylic acids is 2. The van der Waals surface area contributed by atoms with Gasteiger partial charge >= 0.3 is 0 Å². The number of nitrogens with zero attached hydrogens (tertiary/aromatic N) is 1. The first-order valence-electron chi connectivity index (χ1n) is 8.31. The molecule has 1 aliphatic rings. The number of carbonyl (C=O) groups is 2. The van der Waals surface area contributed by atoms with Gasteiger partial charge < -0.3 is 24.3 Å². The van der Waals surface area contributed by atoms with Crippen LogP contribution in [0, 0.1) is 5.82 Å². The van der Waals surface area contributed by atoms with Gasteiger partial charge in [0.05, 0.1) is 37.7 Å². The van der Waals surface area contributed by atoms with E-state index in [9.17, 15) is 19.1 Å². The Hall–Kier alpha value is -2.97. The van der Waals surface area contributed by atoms with Crippen molar-refractivity contribution in [1.82, 2.24) is 4.90 Å². The minimum atomic E-state index is -0.983. The second-order valence-corrected chi connectivity index (χ2v) is 5.86. The Morgan fingerprint density at radius 1 is 1.26 bits per heavy atom. The molecule has 2 heterocycles. The number of hydrogen-bond donors (Lipinski definition) is 2. The molecule has 7 nitrogen and oxygen atoms in total. The van der Waals surface area contributed by atoms with E-state index in [0.29, 0.717) is 5.56 Å². The molecule has 0 saturated heterocycles. The summed E-state index contributed by atoms with van der Waals surface area (Å²) in [6.07, 6.45) is 1.30. The van der Waals surface area contributed by atoms with Crippen molar-refractivity contribution in [3.05, 3.63) is 71.1 Å². The van der Waals surface area contributed by atoms with Crippen LogP contribution in [-0.2, 0) is 9.53 Å². The Morgan fingerprint density at radius 2 is 2.07 bits per heavy atom.